The second-order valence-electron chi connectivity index (χ2n) is 5.89. The van der Waals surface area contributed by atoms with Gasteiger partial charge in [-0.25, -0.2) is 9.59 Å². The molecular formula is C17H21N3O6. The number of methoxy groups -OCH3 is 1. The van der Waals surface area contributed by atoms with E-state index >= 15 is 0 Å². The van der Waals surface area contributed by atoms with Crippen molar-refractivity contribution in [3.05, 3.63) is 23.8 Å². The van der Waals surface area contributed by atoms with E-state index in [9.17, 15) is 24.3 Å². The number of carboxylic acid groups (broad SMARTS) is 1. The van der Waals surface area contributed by atoms with Crippen LogP contribution in [-0.4, -0.2) is 42.1 Å². The first-order valence-electron chi connectivity index (χ1n) is 8.23. The molecule has 1 heterocycles. The predicted octanol–water partition coefficient (Wildman–Crippen LogP) is 1.95. The largest absolute Gasteiger partial charge is 0.480 e. The van der Waals surface area contributed by atoms with Crippen LogP contribution in [0.15, 0.2) is 18.2 Å². The number of fused-ring (bicyclic) bond motifs is 1. The quantitative estimate of drug-likeness (QED) is 0.634. The lowest BCUT2D eigenvalue weighted by Crippen LogP contribution is -2.41. The first-order valence-corrected chi connectivity index (χ1v) is 8.23. The van der Waals surface area contributed by atoms with Gasteiger partial charge >= 0.3 is 12.1 Å². The van der Waals surface area contributed by atoms with Crippen LogP contribution in [0, 0.1) is 0 Å². The Morgan fingerprint density at radius 1 is 1.23 bits per heavy atom. The van der Waals surface area contributed by atoms with E-state index in [1.807, 2.05) is 0 Å². The zero-order valence-corrected chi connectivity index (χ0v) is 14.3. The molecule has 0 bridgehead atoms. The lowest BCUT2D eigenvalue weighted by atomic mass is 10.0. The van der Waals surface area contributed by atoms with Crippen LogP contribution in [0.25, 0.3) is 0 Å². The Balaban J connectivity index is 2.34. The first-order chi connectivity index (χ1) is 12.4. The van der Waals surface area contributed by atoms with Crippen molar-refractivity contribution < 1.29 is 29.0 Å². The molecule has 9 heteroatoms. The van der Waals surface area contributed by atoms with Gasteiger partial charge in [0.2, 0.25) is 5.91 Å². The normalized spacial score (nSPS) is 18.3. The van der Waals surface area contributed by atoms with Gasteiger partial charge in [-0.3, -0.25) is 14.9 Å². The molecule has 1 aromatic carbocycles. The average molecular weight is 363 g/mol. The van der Waals surface area contributed by atoms with Crippen molar-refractivity contribution in [2.75, 3.05) is 17.7 Å². The summed E-state index contributed by atoms with van der Waals surface area (Å²) in [4.78, 5) is 47.3. The molecule has 1 aliphatic heterocycles. The average Bonchev–Trinajstić information content (AvgIpc) is 2.59. The van der Waals surface area contributed by atoms with Gasteiger partial charge in [0.25, 0.3) is 5.91 Å². The number of rotatable bonds is 2. The summed E-state index contributed by atoms with van der Waals surface area (Å²) in [6, 6.07) is 3.29. The fourth-order valence-corrected chi connectivity index (χ4v) is 2.61. The standard InChI is InChI=1S/C17H21N3O6/c1-26-17(25)18-10-7-8-11-13(9-10)19-14(21)6-4-2-3-5-12(16(23)24)20-15(11)22/h7-9,12H,2-6H2,1H3,(H,18,25)(H,19,21)(H,20,22)(H,23,24). The molecule has 0 spiro atoms. The Bertz CT molecular complexity index is 718. The molecule has 0 aliphatic carbocycles. The summed E-state index contributed by atoms with van der Waals surface area (Å²) >= 11 is 0. The Labute approximate surface area is 150 Å². The molecule has 0 fully saturated rings. The van der Waals surface area contributed by atoms with Crippen LogP contribution < -0.4 is 16.0 Å². The van der Waals surface area contributed by atoms with Crippen LogP contribution in [0.5, 0.6) is 0 Å². The molecule has 0 saturated carbocycles. The monoisotopic (exact) mass is 363 g/mol. The molecule has 1 aromatic rings. The summed E-state index contributed by atoms with van der Waals surface area (Å²) in [5.74, 6) is -1.98. The minimum absolute atomic E-state index is 0.112. The van der Waals surface area contributed by atoms with E-state index in [2.05, 4.69) is 20.7 Å². The van der Waals surface area contributed by atoms with Gasteiger partial charge in [-0.15, -0.1) is 0 Å². The number of aliphatic carboxylic acids is 1. The second kappa shape index (κ2) is 8.84. The first kappa shape index (κ1) is 19.2. The van der Waals surface area contributed by atoms with E-state index in [-0.39, 0.29) is 23.6 Å². The van der Waals surface area contributed by atoms with Gasteiger partial charge in [-0.1, -0.05) is 12.8 Å². The third kappa shape index (κ3) is 5.20. The minimum Gasteiger partial charge on any atom is -0.480 e. The highest BCUT2D eigenvalue weighted by molar-refractivity contribution is 6.05. The van der Waals surface area contributed by atoms with E-state index in [1.165, 1.54) is 25.3 Å². The lowest BCUT2D eigenvalue weighted by Gasteiger charge is -2.18. The van der Waals surface area contributed by atoms with Crippen LogP contribution in [0.4, 0.5) is 16.2 Å². The number of amides is 3. The molecule has 26 heavy (non-hydrogen) atoms. The van der Waals surface area contributed by atoms with Crippen molar-refractivity contribution in [1.82, 2.24) is 5.32 Å². The van der Waals surface area contributed by atoms with Crippen molar-refractivity contribution in [2.24, 2.45) is 0 Å². The zero-order valence-electron chi connectivity index (χ0n) is 14.3. The number of anilines is 2. The number of carbonyl (C=O) groups is 4. The fourth-order valence-electron chi connectivity index (χ4n) is 2.61. The highest BCUT2D eigenvalue weighted by atomic mass is 16.5. The van der Waals surface area contributed by atoms with E-state index in [0.717, 1.165) is 0 Å². The van der Waals surface area contributed by atoms with Crippen LogP contribution in [-0.2, 0) is 14.3 Å². The summed E-state index contributed by atoms with van der Waals surface area (Å²) in [6.07, 6.45) is 1.75. The van der Waals surface area contributed by atoms with Crippen LogP contribution in [0.3, 0.4) is 0 Å². The van der Waals surface area contributed by atoms with Crippen LogP contribution in [0.2, 0.25) is 0 Å². The Hall–Kier alpha value is -3.10. The molecule has 1 aliphatic rings. The van der Waals surface area contributed by atoms with E-state index < -0.39 is 24.0 Å². The van der Waals surface area contributed by atoms with E-state index in [4.69, 9.17) is 0 Å². The summed E-state index contributed by atoms with van der Waals surface area (Å²) in [5.41, 5.74) is 0.622. The fraction of sp³-hybridized carbons (Fsp3) is 0.412. The maximum Gasteiger partial charge on any atom is 0.411 e. The van der Waals surface area contributed by atoms with Gasteiger partial charge in [0.15, 0.2) is 0 Å². The molecule has 9 nitrogen and oxygen atoms in total. The summed E-state index contributed by atoms with van der Waals surface area (Å²) in [7, 11) is 1.21. The maximum absolute atomic E-state index is 12.5. The third-order valence-corrected chi connectivity index (χ3v) is 3.97. The predicted molar refractivity (Wildman–Crippen MR) is 93.1 cm³/mol. The third-order valence-electron chi connectivity index (χ3n) is 3.97. The molecule has 2 rings (SSSR count). The molecule has 0 saturated heterocycles. The molecule has 1 unspecified atom stereocenters. The van der Waals surface area contributed by atoms with Crippen molar-refractivity contribution in [2.45, 2.75) is 38.1 Å². The van der Waals surface area contributed by atoms with Crippen molar-refractivity contribution in [3.63, 3.8) is 0 Å². The Kier molecular flexibility index (Phi) is 6.54. The SMILES string of the molecule is COC(=O)Nc1ccc2c(c1)NC(=O)CCCCCC(C(=O)O)NC2=O. The number of hydrogen-bond acceptors (Lipinski definition) is 5. The van der Waals surface area contributed by atoms with E-state index in [0.29, 0.717) is 31.4 Å². The number of benzene rings is 1. The number of nitrogens with one attached hydrogen (secondary N) is 3. The maximum atomic E-state index is 12.5. The summed E-state index contributed by atoms with van der Waals surface area (Å²) in [6.45, 7) is 0. The van der Waals surface area contributed by atoms with Gasteiger partial charge in [-0.2, -0.15) is 0 Å². The lowest BCUT2D eigenvalue weighted by molar-refractivity contribution is -0.139. The van der Waals surface area contributed by atoms with Gasteiger partial charge in [0.1, 0.15) is 6.04 Å². The number of ether oxygens (including phenoxy) is 1. The summed E-state index contributed by atoms with van der Waals surface area (Å²) < 4.78 is 4.51. The molecule has 3 amide bonds. The topological polar surface area (TPSA) is 134 Å². The molecule has 1 atom stereocenters. The zero-order chi connectivity index (χ0) is 19.1. The second-order valence-corrected chi connectivity index (χ2v) is 5.89. The van der Waals surface area contributed by atoms with Crippen LogP contribution in [0.1, 0.15) is 42.5 Å². The minimum atomic E-state index is -1.11. The van der Waals surface area contributed by atoms with Crippen molar-refractivity contribution in [3.8, 4) is 0 Å². The highest BCUT2D eigenvalue weighted by Gasteiger charge is 2.23. The Morgan fingerprint density at radius 3 is 2.69 bits per heavy atom. The van der Waals surface area contributed by atoms with E-state index in [1.54, 1.807) is 0 Å². The Morgan fingerprint density at radius 2 is 2.00 bits per heavy atom. The molecule has 140 valence electrons. The van der Waals surface area contributed by atoms with Gasteiger partial charge in [-0.05, 0) is 31.0 Å². The molecule has 0 aromatic heterocycles. The molecule has 0 radical (unpaired) electrons. The molecular weight excluding hydrogens is 342 g/mol. The smallest absolute Gasteiger partial charge is 0.411 e. The van der Waals surface area contributed by atoms with Gasteiger partial charge < -0.3 is 20.5 Å². The van der Waals surface area contributed by atoms with Crippen LogP contribution >= 0.6 is 0 Å². The number of hydrogen-bond donors (Lipinski definition) is 4. The van der Waals surface area contributed by atoms with Crippen molar-refractivity contribution in [1.29, 1.82) is 0 Å². The van der Waals surface area contributed by atoms with Gasteiger partial charge in [0, 0.05) is 12.1 Å². The summed E-state index contributed by atoms with van der Waals surface area (Å²) in [5, 5.41) is 16.8. The number of carbonyl (C=O) groups excluding carboxylic acids is 3. The van der Waals surface area contributed by atoms with Crippen molar-refractivity contribution >= 4 is 35.3 Å². The molecule has 4 N–H and O–H groups in total. The number of carboxylic acids is 1. The van der Waals surface area contributed by atoms with Gasteiger partial charge in [0.05, 0.1) is 18.4 Å². The highest BCUT2D eigenvalue weighted by Crippen LogP contribution is 2.23.